The second-order valence-corrected chi connectivity index (χ2v) is 5.02. The summed E-state index contributed by atoms with van der Waals surface area (Å²) in [6.07, 6.45) is -2.65. The van der Waals surface area contributed by atoms with Crippen molar-refractivity contribution >= 4 is 24.0 Å². The van der Waals surface area contributed by atoms with Gasteiger partial charge in [0, 0.05) is 0 Å². The van der Waals surface area contributed by atoms with Crippen LogP contribution in [0.3, 0.4) is 0 Å². The molecule has 0 radical (unpaired) electrons. The quantitative estimate of drug-likeness (QED) is 0.789. The van der Waals surface area contributed by atoms with E-state index in [2.05, 4.69) is 5.32 Å². The first-order valence-corrected chi connectivity index (χ1v) is 7.28. The van der Waals surface area contributed by atoms with Gasteiger partial charge in [0.05, 0.1) is 30.0 Å². The van der Waals surface area contributed by atoms with Crippen LogP contribution in [0.5, 0.6) is 5.75 Å². The van der Waals surface area contributed by atoms with Crippen molar-refractivity contribution in [2.75, 3.05) is 11.9 Å². The number of hydrogen-bond donors (Lipinski definition) is 2. The lowest BCUT2D eigenvalue weighted by Gasteiger charge is -2.14. The molecular formula is C16H18ClF3N2O3. The van der Waals surface area contributed by atoms with E-state index >= 15 is 0 Å². The van der Waals surface area contributed by atoms with E-state index in [-0.39, 0.29) is 36.0 Å². The molecule has 1 aromatic heterocycles. The molecule has 25 heavy (non-hydrogen) atoms. The van der Waals surface area contributed by atoms with E-state index in [1.165, 1.54) is 18.4 Å². The van der Waals surface area contributed by atoms with Crippen molar-refractivity contribution in [3.05, 3.63) is 47.4 Å². The number of carbonyl (C=O) groups is 1. The number of furan rings is 1. The van der Waals surface area contributed by atoms with Crippen LogP contribution in [0, 0.1) is 0 Å². The highest BCUT2D eigenvalue weighted by molar-refractivity contribution is 6.05. The van der Waals surface area contributed by atoms with Gasteiger partial charge in [0.1, 0.15) is 17.8 Å². The van der Waals surface area contributed by atoms with E-state index in [0.717, 1.165) is 12.1 Å². The molecule has 5 nitrogen and oxygen atoms in total. The number of halogens is 4. The summed E-state index contributed by atoms with van der Waals surface area (Å²) in [5, 5.41) is 2.42. The lowest BCUT2D eigenvalue weighted by atomic mass is 10.1. The van der Waals surface area contributed by atoms with Crippen LogP contribution in [0.15, 0.2) is 34.9 Å². The summed E-state index contributed by atoms with van der Waals surface area (Å²) >= 11 is 0. The van der Waals surface area contributed by atoms with E-state index in [1.54, 1.807) is 0 Å². The molecule has 0 saturated carbocycles. The number of benzene rings is 1. The number of hydrogen-bond acceptors (Lipinski definition) is 4. The average Bonchev–Trinajstić information content (AvgIpc) is 3.02. The van der Waals surface area contributed by atoms with Crippen molar-refractivity contribution in [2.45, 2.75) is 26.1 Å². The molecule has 2 rings (SSSR count). The number of anilines is 1. The zero-order valence-electron chi connectivity index (χ0n) is 13.4. The minimum atomic E-state index is -4.52. The molecule has 1 amide bonds. The number of rotatable bonds is 6. The van der Waals surface area contributed by atoms with Crippen LogP contribution < -0.4 is 15.8 Å². The first-order chi connectivity index (χ1) is 11.3. The fraction of sp³-hybridized carbons (Fsp3) is 0.312. The standard InChI is InChI=1S/C16H17F3N2O3.ClH/c1-2-5-23-14-4-3-11(16(17,18)19)7-13(14)21-15(22)10-6-12(8-20)24-9-10;/h3-4,6-7,9H,2,5,8,20H2,1H3,(H,21,22);1H. The van der Waals surface area contributed by atoms with Gasteiger partial charge in [-0.15, -0.1) is 12.4 Å². The molecule has 1 aromatic carbocycles. The Morgan fingerprint density at radius 3 is 2.60 bits per heavy atom. The fourth-order valence-electron chi connectivity index (χ4n) is 1.94. The van der Waals surface area contributed by atoms with Gasteiger partial charge in [-0.2, -0.15) is 13.2 Å². The van der Waals surface area contributed by atoms with Crippen LogP contribution in [0.2, 0.25) is 0 Å². The van der Waals surface area contributed by atoms with Crippen LogP contribution in [0.4, 0.5) is 18.9 Å². The minimum Gasteiger partial charge on any atom is -0.491 e. The van der Waals surface area contributed by atoms with E-state index in [4.69, 9.17) is 14.9 Å². The van der Waals surface area contributed by atoms with Gasteiger partial charge in [-0.25, -0.2) is 0 Å². The van der Waals surface area contributed by atoms with Gasteiger partial charge in [0.15, 0.2) is 0 Å². The van der Waals surface area contributed by atoms with Crippen LogP contribution in [-0.2, 0) is 12.7 Å². The molecule has 3 N–H and O–H groups in total. The first-order valence-electron chi connectivity index (χ1n) is 7.28. The Balaban J connectivity index is 0.00000312. The lowest BCUT2D eigenvalue weighted by Crippen LogP contribution is -2.14. The Bertz CT molecular complexity index is 717. The lowest BCUT2D eigenvalue weighted by molar-refractivity contribution is -0.137. The molecule has 0 aliphatic carbocycles. The van der Waals surface area contributed by atoms with Crippen molar-refractivity contribution < 1.29 is 27.1 Å². The maximum atomic E-state index is 12.9. The summed E-state index contributed by atoms with van der Waals surface area (Å²) in [5.41, 5.74) is 4.62. The second kappa shape index (κ2) is 8.77. The fourth-order valence-corrected chi connectivity index (χ4v) is 1.94. The molecule has 0 aliphatic rings. The van der Waals surface area contributed by atoms with Gasteiger partial charge in [-0.1, -0.05) is 6.92 Å². The van der Waals surface area contributed by atoms with Gasteiger partial charge < -0.3 is 20.2 Å². The third-order valence-electron chi connectivity index (χ3n) is 3.13. The Morgan fingerprint density at radius 2 is 2.04 bits per heavy atom. The summed E-state index contributed by atoms with van der Waals surface area (Å²) in [6, 6.07) is 4.36. The van der Waals surface area contributed by atoms with Crippen molar-refractivity contribution in [1.82, 2.24) is 0 Å². The number of nitrogens with two attached hydrogens (primary N) is 1. The van der Waals surface area contributed by atoms with E-state index in [1.807, 2.05) is 6.92 Å². The normalized spacial score (nSPS) is 10.9. The summed E-state index contributed by atoms with van der Waals surface area (Å²) in [5.74, 6) is -0.0495. The Hall–Kier alpha value is -2.19. The molecule has 138 valence electrons. The number of amides is 1. The predicted molar refractivity (Wildman–Crippen MR) is 89.0 cm³/mol. The maximum Gasteiger partial charge on any atom is 0.416 e. The topological polar surface area (TPSA) is 77.5 Å². The van der Waals surface area contributed by atoms with E-state index in [9.17, 15) is 18.0 Å². The first kappa shape index (κ1) is 20.9. The largest absolute Gasteiger partial charge is 0.491 e. The maximum absolute atomic E-state index is 12.9. The van der Waals surface area contributed by atoms with Gasteiger partial charge >= 0.3 is 6.18 Å². The summed E-state index contributed by atoms with van der Waals surface area (Å²) < 4.78 is 49.1. The Labute approximate surface area is 148 Å². The number of nitrogens with one attached hydrogen (secondary N) is 1. The molecule has 9 heteroatoms. The van der Waals surface area contributed by atoms with Gasteiger partial charge in [-0.3, -0.25) is 4.79 Å². The van der Waals surface area contributed by atoms with Crippen molar-refractivity contribution in [2.24, 2.45) is 5.73 Å². The molecule has 0 atom stereocenters. The van der Waals surface area contributed by atoms with E-state index < -0.39 is 17.6 Å². The molecule has 0 aliphatic heterocycles. The summed E-state index contributed by atoms with van der Waals surface area (Å²) in [6.45, 7) is 2.29. The third kappa shape index (κ3) is 5.40. The number of ether oxygens (including phenoxy) is 1. The second-order valence-electron chi connectivity index (χ2n) is 5.02. The molecule has 0 spiro atoms. The molecule has 1 heterocycles. The highest BCUT2D eigenvalue weighted by Gasteiger charge is 2.31. The molecule has 0 saturated heterocycles. The van der Waals surface area contributed by atoms with Gasteiger partial charge in [-0.05, 0) is 30.7 Å². The molecular weight excluding hydrogens is 361 g/mol. The summed E-state index contributed by atoms with van der Waals surface area (Å²) in [4.78, 5) is 12.2. The van der Waals surface area contributed by atoms with Crippen molar-refractivity contribution in [3.8, 4) is 5.75 Å². The van der Waals surface area contributed by atoms with E-state index in [0.29, 0.717) is 18.8 Å². The molecule has 0 fully saturated rings. The third-order valence-corrected chi connectivity index (χ3v) is 3.13. The monoisotopic (exact) mass is 378 g/mol. The highest BCUT2D eigenvalue weighted by Crippen LogP contribution is 2.35. The zero-order chi connectivity index (χ0) is 17.7. The van der Waals surface area contributed by atoms with Crippen LogP contribution in [0.25, 0.3) is 0 Å². The number of alkyl halides is 3. The number of carbonyl (C=O) groups excluding carboxylic acids is 1. The highest BCUT2D eigenvalue weighted by atomic mass is 35.5. The smallest absolute Gasteiger partial charge is 0.416 e. The molecule has 2 aromatic rings. The summed E-state index contributed by atoms with van der Waals surface area (Å²) in [7, 11) is 0. The van der Waals surface area contributed by atoms with Crippen molar-refractivity contribution in [1.29, 1.82) is 0 Å². The zero-order valence-corrected chi connectivity index (χ0v) is 14.2. The molecule has 0 unspecified atom stereocenters. The van der Waals surface area contributed by atoms with Gasteiger partial charge in [0.25, 0.3) is 5.91 Å². The predicted octanol–water partition coefficient (Wildman–Crippen LogP) is 4.22. The minimum absolute atomic E-state index is 0. The van der Waals surface area contributed by atoms with Crippen LogP contribution in [-0.4, -0.2) is 12.5 Å². The van der Waals surface area contributed by atoms with Gasteiger partial charge in [0.2, 0.25) is 0 Å². The van der Waals surface area contributed by atoms with Crippen LogP contribution in [0.1, 0.15) is 35.0 Å². The SMILES string of the molecule is CCCOc1ccc(C(F)(F)F)cc1NC(=O)c1coc(CN)c1.Cl. The Morgan fingerprint density at radius 1 is 1.32 bits per heavy atom. The Kier molecular flexibility index (Phi) is 7.32. The molecule has 0 bridgehead atoms. The van der Waals surface area contributed by atoms with Crippen molar-refractivity contribution in [3.63, 3.8) is 0 Å². The average molecular weight is 379 g/mol. The van der Waals surface area contributed by atoms with Crippen LogP contribution >= 0.6 is 12.4 Å².